The largest absolute Gasteiger partial charge is 0.289 e. The lowest BCUT2D eigenvalue weighted by Gasteiger charge is -2.54. The summed E-state index contributed by atoms with van der Waals surface area (Å²) < 4.78 is 0. The Labute approximate surface area is 182 Å². The van der Waals surface area contributed by atoms with E-state index in [2.05, 4.69) is 37.9 Å². The zero-order valence-corrected chi connectivity index (χ0v) is 20.2. The van der Waals surface area contributed by atoms with Crippen molar-refractivity contribution in [3.8, 4) is 0 Å². The Morgan fingerprint density at radius 2 is 1.45 bits per heavy atom. The van der Waals surface area contributed by atoms with E-state index in [4.69, 9.17) is 0 Å². The standard InChI is InChI=1S/C27H50N2/c1-5-26-23-17-13-12-15-19-25(3,4)21-22(23)24-18-14-10-8-7-9-11-16-20-29(24)27(26,6-2)28-26/h22-24,28H,5-21H2,1-4H3. The van der Waals surface area contributed by atoms with Crippen molar-refractivity contribution < 1.29 is 0 Å². The molecular weight excluding hydrogens is 352 g/mol. The molecule has 1 aliphatic carbocycles. The van der Waals surface area contributed by atoms with Gasteiger partial charge in [-0.05, 0) is 62.2 Å². The predicted molar refractivity (Wildman–Crippen MR) is 125 cm³/mol. The summed E-state index contributed by atoms with van der Waals surface area (Å²) >= 11 is 0. The Morgan fingerprint density at radius 1 is 0.793 bits per heavy atom. The van der Waals surface area contributed by atoms with Gasteiger partial charge in [-0.2, -0.15) is 0 Å². The van der Waals surface area contributed by atoms with E-state index in [1.165, 1.54) is 109 Å². The average Bonchev–Trinajstić information content (AvgIpc) is 3.38. The van der Waals surface area contributed by atoms with Crippen LogP contribution in [0.5, 0.6) is 0 Å². The van der Waals surface area contributed by atoms with E-state index in [0.29, 0.717) is 16.6 Å². The smallest absolute Gasteiger partial charge is 0.0908 e. The minimum absolute atomic E-state index is 0.319. The van der Waals surface area contributed by atoms with Gasteiger partial charge in [-0.1, -0.05) is 85.5 Å². The lowest BCUT2D eigenvalue weighted by molar-refractivity contribution is -0.0442. The van der Waals surface area contributed by atoms with E-state index in [-0.39, 0.29) is 0 Å². The number of hydrogen-bond acceptors (Lipinski definition) is 2. The molecule has 1 saturated carbocycles. The van der Waals surface area contributed by atoms with Crippen molar-refractivity contribution in [2.24, 2.45) is 17.3 Å². The molecule has 0 spiro atoms. The summed E-state index contributed by atoms with van der Waals surface area (Å²) in [5, 5.41) is 4.28. The van der Waals surface area contributed by atoms with Crippen LogP contribution in [0, 0.1) is 17.3 Å². The summed E-state index contributed by atoms with van der Waals surface area (Å²) in [4.78, 5) is 3.08. The van der Waals surface area contributed by atoms with E-state index in [0.717, 1.165) is 17.9 Å². The second-order valence-corrected chi connectivity index (χ2v) is 11.9. The van der Waals surface area contributed by atoms with Crippen LogP contribution in [0.15, 0.2) is 0 Å². The van der Waals surface area contributed by atoms with Crippen molar-refractivity contribution in [1.82, 2.24) is 10.2 Å². The first-order chi connectivity index (χ1) is 14.0. The van der Waals surface area contributed by atoms with Crippen LogP contribution in [0.25, 0.3) is 0 Å². The minimum atomic E-state index is 0.319. The molecule has 4 fully saturated rings. The Morgan fingerprint density at radius 3 is 2.17 bits per heavy atom. The Kier molecular flexibility index (Phi) is 6.72. The Balaban J connectivity index is 1.71. The molecule has 3 saturated heterocycles. The summed E-state index contributed by atoms with van der Waals surface area (Å²) in [6.07, 6.45) is 23.0. The number of piperidine rings is 1. The Bertz CT molecular complexity index is 543. The van der Waals surface area contributed by atoms with Crippen LogP contribution in [0.4, 0.5) is 0 Å². The summed E-state index contributed by atoms with van der Waals surface area (Å²) in [7, 11) is 0. The molecule has 0 amide bonds. The van der Waals surface area contributed by atoms with Gasteiger partial charge in [0.05, 0.1) is 11.2 Å². The molecule has 0 bridgehead atoms. The summed E-state index contributed by atoms with van der Waals surface area (Å²) in [6.45, 7) is 11.5. The van der Waals surface area contributed by atoms with Gasteiger partial charge in [-0.15, -0.1) is 0 Å². The van der Waals surface area contributed by atoms with Crippen LogP contribution in [0.3, 0.4) is 0 Å². The molecule has 0 aromatic heterocycles. The highest BCUT2D eigenvalue weighted by molar-refractivity contribution is 5.31. The fourth-order valence-electron chi connectivity index (χ4n) is 8.33. The summed E-state index contributed by atoms with van der Waals surface area (Å²) in [6, 6.07) is 0.824. The third-order valence-corrected chi connectivity index (χ3v) is 9.77. The van der Waals surface area contributed by atoms with Crippen LogP contribution >= 0.6 is 0 Å². The van der Waals surface area contributed by atoms with Crippen molar-refractivity contribution in [3.63, 3.8) is 0 Å². The maximum atomic E-state index is 4.28. The second kappa shape index (κ2) is 8.81. The van der Waals surface area contributed by atoms with Crippen molar-refractivity contribution >= 4 is 0 Å². The van der Waals surface area contributed by atoms with Gasteiger partial charge in [0.1, 0.15) is 0 Å². The molecule has 5 unspecified atom stereocenters. The first-order valence-electron chi connectivity index (χ1n) is 13.6. The molecule has 3 heterocycles. The molecule has 2 heteroatoms. The monoisotopic (exact) mass is 402 g/mol. The SMILES string of the molecule is CCC12NC1(CC)N1CCCCCCCCCC1C1CC(C)(C)CCCCCC12. The van der Waals surface area contributed by atoms with Crippen LogP contribution in [0.2, 0.25) is 0 Å². The zero-order chi connectivity index (χ0) is 20.5. The average molecular weight is 403 g/mol. The molecular formula is C27H50N2. The van der Waals surface area contributed by atoms with Crippen molar-refractivity contribution in [3.05, 3.63) is 0 Å². The molecule has 0 aromatic carbocycles. The number of nitrogens with one attached hydrogen (secondary N) is 1. The fraction of sp³-hybridized carbons (Fsp3) is 1.00. The van der Waals surface area contributed by atoms with Crippen LogP contribution in [-0.2, 0) is 0 Å². The van der Waals surface area contributed by atoms with Gasteiger partial charge in [0, 0.05) is 12.6 Å². The molecule has 0 aromatic rings. The van der Waals surface area contributed by atoms with E-state index in [1.54, 1.807) is 0 Å². The highest BCUT2D eigenvalue weighted by Gasteiger charge is 2.75. The molecule has 5 atom stereocenters. The number of nitrogens with zero attached hydrogens (tertiary/aromatic N) is 1. The third kappa shape index (κ3) is 3.95. The summed E-state index contributed by atoms with van der Waals surface area (Å²) in [5.41, 5.74) is 1.24. The Hall–Kier alpha value is -0.0800. The predicted octanol–water partition coefficient (Wildman–Crippen LogP) is 7.28. The molecule has 4 aliphatic rings. The quantitative estimate of drug-likeness (QED) is 0.491. The lowest BCUT2D eigenvalue weighted by atomic mass is 9.61. The van der Waals surface area contributed by atoms with E-state index >= 15 is 0 Å². The first-order valence-corrected chi connectivity index (χ1v) is 13.6. The lowest BCUT2D eigenvalue weighted by Crippen LogP contribution is -2.62. The van der Waals surface area contributed by atoms with Gasteiger partial charge in [0.15, 0.2) is 0 Å². The van der Waals surface area contributed by atoms with E-state index < -0.39 is 0 Å². The van der Waals surface area contributed by atoms with Gasteiger partial charge in [-0.25, -0.2) is 0 Å². The molecule has 0 radical (unpaired) electrons. The van der Waals surface area contributed by atoms with Crippen LogP contribution in [0.1, 0.15) is 130 Å². The zero-order valence-electron chi connectivity index (χ0n) is 20.2. The molecule has 3 aliphatic heterocycles. The van der Waals surface area contributed by atoms with Crippen LogP contribution < -0.4 is 5.32 Å². The number of hydrogen-bond donors (Lipinski definition) is 1. The molecule has 2 nitrogen and oxygen atoms in total. The van der Waals surface area contributed by atoms with Crippen molar-refractivity contribution in [2.75, 3.05) is 6.54 Å². The molecule has 4 rings (SSSR count). The van der Waals surface area contributed by atoms with E-state index in [1.807, 2.05) is 0 Å². The van der Waals surface area contributed by atoms with Gasteiger partial charge in [0.25, 0.3) is 0 Å². The van der Waals surface area contributed by atoms with E-state index in [9.17, 15) is 0 Å². The van der Waals surface area contributed by atoms with Gasteiger partial charge in [-0.3, -0.25) is 10.2 Å². The maximum Gasteiger partial charge on any atom is 0.0908 e. The van der Waals surface area contributed by atoms with Crippen molar-refractivity contribution in [2.45, 2.75) is 148 Å². The number of rotatable bonds is 2. The number of fused-ring (bicyclic) bond motifs is 6. The highest BCUT2D eigenvalue weighted by atomic mass is 15.5. The topological polar surface area (TPSA) is 25.2 Å². The fourth-order valence-corrected chi connectivity index (χ4v) is 8.33. The second-order valence-electron chi connectivity index (χ2n) is 11.9. The minimum Gasteiger partial charge on any atom is -0.289 e. The van der Waals surface area contributed by atoms with Crippen molar-refractivity contribution in [1.29, 1.82) is 0 Å². The maximum absolute atomic E-state index is 4.28. The highest BCUT2D eigenvalue weighted by Crippen LogP contribution is 2.62. The van der Waals surface area contributed by atoms with Gasteiger partial charge in [0.2, 0.25) is 0 Å². The molecule has 168 valence electrons. The van der Waals surface area contributed by atoms with Crippen LogP contribution in [-0.4, -0.2) is 28.7 Å². The normalized spacial score (nSPS) is 44.1. The third-order valence-electron chi connectivity index (χ3n) is 9.77. The summed E-state index contributed by atoms with van der Waals surface area (Å²) in [5.74, 6) is 1.80. The molecule has 1 N–H and O–H groups in total. The van der Waals surface area contributed by atoms with Gasteiger partial charge < -0.3 is 0 Å². The van der Waals surface area contributed by atoms with Gasteiger partial charge >= 0.3 is 0 Å². The first kappa shape index (κ1) is 22.1. The molecule has 29 heavy (non-hydrogen) atoms.